The van der Waals surface area contributed by atoms with Gasteiger partial charge in [0.05, 0.1) is 45.7 Å². The maximum atomic E-state index is 11.7. The third-order valence-electron chi connectivity index (χ3n) is 15.5. The summed E-state index contributed by atoms with van der Waals surface area (Å²) < 4.78 is 81.3. The quantitative estimate of drug-likeness (QED) is 0.0637. The smallest absolute Gasteiger partial charge is 0.412 e. The van der Waals surface area contributed by atoms with E-state index >= 15 is 0 Å². The maximum absolute atomic E-state index is 11.7. The van der Waals surface area contributed by atoms with E-state index in [1.165, 1.54) is 11.8 Å². The minimum Gasteiger partial charge on any atom is -0.412 e. The monoisotopic (exact) mass is 1380 g/mol. The summed E-state index contributed by atoms with van der Waals surface area (Å²) in [4.78, 5) is 0. The van der Waals surface area contributed by atoms with Crippen LogP contribution in [-0.4, -0.2) is 391 Å². The maximum Gasteiger partial charge on any atom is 2.00 e. The molecule has 21 fully saturated rings. The van der Waals surface area contributed by atoms with Gasteiger partial charge in [0.25, 0.3) is 0 Å². The molecule has 0 saturated carbocycles. The Bertz CT molecular complexity index is 1930. The minimum atomic E-state index is -2.20. The third-order valence-corrected chi connectivity index (χ3v) is 17.4. The molecule has 0 unspecified atom stereocenters. The van der Waals surface area contributed by atoms with Gasteiger partial charge >= 0.3 is 20.4 Å². The molecule has 21 aliphatic heterocycles. The Labute approximate surface area is 506 Å². The second-order valence-corrected chi connectivity index (χ2v) is 23.0. The van der Waals surface area contributed by atoms with Crippen molar-refractivity contribution in [3.8, 4) is 0 Å². The number of rotatable bonds is 12. The van der Waals surface area contributed by atoms with Crippen LogP contribution in [0.3, 0.4) is 0 Å². The molecule has 21 aliphatic rings. The number of hydrogen-bond acceptors (Lipinski definition) is 36. The van der Waals surface area contributed by atoms with Crippen molar-refractivity contribution in [3.05, 3.63) is 0 Å². The van der Waals surface area contributed by atoms with Gasteiger partial charge in [-0.05, 0) is 24.2 Å². The Morgan fingerprint density at radius 3 is 0.612 bits per heavy atom. The molecule has 14 bridgehead atoms. The van der Waals surface area contributed by atoms with E-state index in [9.17, 15) is 102 Å². The van der Waals surface area contributed by atoms with Crippen molar-refractivity contribution in [2.24, 2.45) is 0 Å². The van der Waals surface area contributed by atoms with Crippen LogP contribution >= 0.6 is 23.5 Å². The van der Waals surface area contributed by atoms with Gasteiger partial charge in [-0.1, -0.05) is 0 Å². The predicted molar refractivity (Wildman–Crippen MR) is 269 cm³/mol. The van der Waals surface area contributed by atoms with Crippen LogP contribution in [0.25, 0.3) is 0 Å². The molecule has 36 nitrogen and oxygen atoms in total. The van der Waals surface area contributed by atoms with Gasteiger partial charge in [-0.2, -0.15) is 23.5 Å². The molecule has 0 amide bonds. The van der Waals surface area contributed by atoms with E-state index in [0.29, 0.717) is 12.2 Å². The van der Waals surface area contributed by atoms with E-state index in [1.807, 2.05) is 6.26 Å². The first-order valence-electron chi connectivity index (χ1n) is 26.6. The van der Waals surface area contributed by atoms with Crippen LogP contribution < -0.4 is 0 Å². The Morgan fingerprint density at radius 1 is 0.259 bits per heavy atom. The minimum absolute atomic E-state index is 0. The first kappa shape index (κ1) is 75.6. The van der Waals surface area contributed by atoms with Gasteiger partial charge in [0.1, 0.15) is 165 Å². The average molecular weight is 1380 g/mol. The summed E-state index contributed by atoms with van der Waals surface area (Å²) in [7, 11) is 0. The third kappa shape index (κ3) is 16.1. The molecule has 0 aromatic rings. The summed E-state index contributed by atoms with van der Waals surface area (Å²) in [6.07, 6.45) is -65.8. The van der Waals surface area contributed by atoms with Gasteiger partial charge in [0.15, 0.2) is 44.0 Å². The van der Waals surface area contributed by atoms with Crippen LogP contribution in [0, 0.1) is 0 Å². The average Bonchev–Trinajstić information content (AvgIpc) is 1.52. The SMILES string of the molecule is CSCCCSC[C@H]1O[C@@H]2O[C@H]3[C@@H](O)[C@@H](O)[C@@H](O[C@H]4[C@H](O)[C@H](O)[C@@H](O[C@H]5[C@H](O)[C@@H](O)[C@@H](O[C@H]6[C@H](O)[C@@H](O)[C@@H](O[C@H]7[C@H](O)[C@@H](O)[C@@H](O[C@H]8[C@H](O)[C@@H](O)[C@@H](O[C@H]1[C@H](O)[C@H]2O)O[C@@H]8CO)O[C@@H]7CO)O[C@@H]6CO)O[C@@H]5CO)O[C@@H]4CO)O[C@@H]3CO.O.O.[Pd+2]. The van der Waals surface area contributed by atoms with Crippen LogP contribution in [0.1, 0.15) is 6.42 Å². The van der Waals surface area contributed by atoms with Crippen LogP contribution in [0.4, 0.5) is 0 Å². The summed E-state index contributed by atoms with van der Waals surface area (Å²) >= 11 is 2.88. The summed E-state index contributed by atoms with van der Waals surface area (Å²) in [5, 5.41) is 223. The zero-order valence-electron chi connectivity index (χ0n) is 45.1. The van der Waals surface area contributed by atoms with Crippen LogP contribution in [0.15, 0.2) is 0 Å². The fraction of sp³-hybridized carbons (Fsp3) is 1.00. The molecule has 0 aromatic heterocycles. The van der Waals surface area contributed by atoms with E-state index < -0.39 is 255 Å². The van der Waals surface area contributed by atoms with Gasteiger partial charge < -0.3 is 179 Å². The molecule has 0 radical (unpaired) electrons. The summed E-state index contributed by atoms with van der Waals surface area (Å²) in [5.74, 6) is 1.27. The number of ether oxygens (including phenoxy) is 14. The van der Waals surface area contributed by atoms with Crippen molar-refractivity contribution in [1.82, 2.24) is 0 Å². The van der Waals surface area contributed by atoms with E-state index in [-0.39, 0.29) is 37.1 Å². The van der Waals surface area contributed by atoms with Crippen LogP contribution in [0.2, 0.25) is 0 Å². The Morgan fingerprint density at radius 2 is 0.435 bits per heavy atom. The van der Waals surface area contributed by atoms with Crippen molar-refractivity contribution in [2.75, 3.05) is 63.2 Å². The van der Waals surface area contributed by atoms with Crippen molar-refractivity contribution in [1.29, 1.82) is 0 Å². The normalized spacial score (nSPS) is 50.9. The first-order chi connectivity index (χ1) is 39.2. The van der Waals surface area contributed by atoms with E-state index in [0.717, 1.165) is 5.75 Å². The molecule has 21 saturated heterocycles. The molecule has 21 heterocycles. The largest absolute Gasteiger partial charge is 2.00 e. The second kappa shape index (κ2) is 33.7. The molecule has 0 aliphatic carbocycles. The standard InChI is InChI=1S/C46H78O34S2.2H2O.Pd/c1-81-3-2-4-82-11-18-39-25(59)32(66)46(73-18)79-38-17(10-52)71-44(30(64)23(38)57)77-36-15(8-50)69-42(28(62)21(36)55)75-34-13(6-48)67-40(26(60)19(34)53)74-33-12(5-47)68-41(27(61)20(33)54)76-35-14(7-49)70-43(29(63)22(35)56)78-37-16(9-51)72-45(80-39)31(65)24(37)58;;;/h12-66H,2-11H2,1H3;2*1H2;/q;;;+2/t12-,13-,14-,15-,16-,17-,18-,19-,20-,21-,22-,23+,24-,25-,26-,27-,28+,29-,30-,31-,32-,33-,34-,35-,36-,37-,38-,39-,40-,41-,42-,43-,44-,45-,46-;;;/m1.../s1. The summed E-state index contributed by atoms with van der Waals surface area (Å²) in [5.41, 5.74) is 0. The topological polar surface area (TPSA) is 597 Å². The van der Waals surface area contributed by atoms with Crippen molar-refractivity contribution in [3.63, 3.8) is 0 Å². The first-order valence-corrected chi connectivity index (χ1v) is 29.1. The van der Waals surface area contributed by atoms with E-state index in [4.69, 9.17) is 66.3 Å². The summed E-state index contributed by atoms with van der Waals surface area (Å²) in [6, 6.07) is 0. The number of hydrogen-bond donors (Lipinski definition) is 20. The molecule has 0 aromatic carbocycles. The molecule has 39 heteroatoms. The van der Waals surface area contributed by atoms with Gasteiger partial charge in [-0.15, -0.1) is 0 Å². The van der Waals surface area contributed by atoms with Gasteiger partial charge in [-0.25, -0.2) is 0 Å². The fourth-order valence-electron chi connectivity index (χ4n) is 10.9. The van der Waals surface area contributed by atoms with E-state index in [1.54, 1.807) is 11.8 Å². The zero-order valence-corrected chi connectivity index (χ0v) is 48.3. The molecule has 85 heavy (non-hydrogen) atoms. The zero-order chi connectivity index (χ0) is 59.6. The van der Waals surface area contributed by atoms with Gasteiger partial charge in [0, 0.05) is 5.75 Å². The van der Waals surface area contributed by atoms with Crippen molar-refractivity contribution >= 4 is 23.5 Å². The number of aliphatic hydroxyl groups is 20. The molecular formula is C46H82O36PdS2+2. The fourth-order valence-corrected chi connectivity index (χ4v) is 12.5. The Balaban J connectivity index is 0.00000440. The van der Waals surface area contributed by atoms with Crippen molar-refractivity contribution in [2.45, 2.75) is 221 Å². The second-order valence-electron chi connectivity index (χ2n) is 20.9. The molecule has 24 N–H and O–H groups in total. The van der Waals surface area contributed by atoms with Crippen molar-refractivity contribution < 1.29 is 200 Å². The molecule has 0 spiro atoms. The number of aliphatic hydroxyl groups excluding tert-OH is 20. The summed E-state index contributed by atoms with van der Waals surface area (Å²) in [6.45, 7) is -6.13. The van der Waals surface area contributed by atoms with E-state index in [2.05, 4.69) is 0 Å². The van der Waals surface area contributed by atoms with Crippen LogP contribution in [0.5, 0.6) is 0 Å². The Kier molecular flexibility index (Phi) is 30.0. The Hall–Kier alpha value is -0.0777. The van der Waals surface area contributed by atoms with Gasteiger partial charge in [0.2, 0.25) is 0 Å². The molecule has 502 valence electrons. The van der Waals surface area contributed by atoms with Gasteiger partial charge in [-0.3, -0.25) is 0 Å². The number of thioether (sulfide) groups is 2. The molecule has 21 rings (SSSR count). The van der Waals surface area contributed by atoms with Crippen LogP contribution in [-0.2, 0) is 86.7 Å². The predicted octanol–water partition coefficient (Wildman–Crippen LogP) is -14.4. The molecule has 35 atom stereocenters. The molecular weight excluding hydrogens is 1300 g/mol.